The molecule has 3 aromatic carbocycles. The van der Waals surface area contributed by atoms with Gasteiger partial charge in [0.2, 0.25) is 0 Å². The molecule has 1 N–H and O–H groups in total. The van der Waals surface area contributed by atoms with Crippen LogP contribution in [0.3, 0.4) is 0 Å². The normalized spacial score (nSPS) is 11.0. The molecule has 0 aromatic heterocycles. The molecule has 21 heavy (non-hydrogen) atoms. The van der Waals surface area contributed by atoms with E-state index < -0.39 is 0 Å². The van der Waals surface area contributed by atoms with Crippen LogP contribution in [0.25, 0.3) is 16.8 Å². The zero-order chi connectivity index (χ0) is 14.7. The van der Waals surface area contributed by atoms with Crippen LogP contribution in [0.4, 0.5) is 11.4 Å². The van der Waals surface area contributed by atoms with Crippen molar-refractivity contribution >= 4 is 28.2 Å². The largest absolute Gasteiger partial charge is 0.506 e. The molecule has 3 aromatic rings. The Morgan fingerprint density at radius 1 is 0.857 bits per heavy atom. The molecule has 3 heteroatoms. The van der Waals surface area contributed by atoms with Gasteiger partial charge in [-0.1, -0.05) is 55.1 Å². The lowest BCUT2D eigenvalue weighted by atomic mass is 10.1. The van der Waals surface area contributed by atoms with Gasteiger partial charge >= 0.3 is 0 Å². The Hall–Kier alpha value is -2.94. The minimum absolute atomic E-state index is 0.125. The minimum atomic E-state index is 0.125. The molecule has 0 aliphatic rings. The van der Waals surface area contributed by atoms with Crippen LogP contribution in [-0.2, 0) is 0 Å². The van der Waals surface area contributed by atoms with Crippen LogP contribution in [0.15, 0.2) is 77.5 Å². The summed E-state index contributed by atoms with van der Waals surface area (Å²) in [6.45, 7) is 3.71. The number of hydrogen-bond donors (Lipinski definition) is 1. The average molecular weight is 274 g/mol. The summed E-state index contributed by atoms with van der Waals surface area (Å²) in [6, 6.07) is 18.8. The molecule has 0 saturated carbocycles. The van der Waals surface area contributed by atoms with Crippen LogP contribution in [0.2, 0.25) is 0 Å². The summed E-state index contributed by atoms with van der Waals surface area (Å²) in [5, 5.41) is 20.3. The predicted molar refractivity (Wildman–Crippen MR) is 86.3 cm³/mol. The van der Waals surface area contributed by atoms with Crippen molar-refractivity contribution in [2.75, 3.05) is 0 Å². The first-order valence-corrected chi connectivity index (χ1v) is 6.63. The van der Waals surface area contributed by atoms with Gasteiger partial charge in [-0.05, 0) is 29.1 Å². The van der Waals surface area contributed by atoms with Crippen molar-refractivity contribution in [1.29, 1.82) is 0 Å². The molecule has 3 nitrogen and oxygen atoms in total. The molecule has 102 valence electrons. The first-order chi connectivity index (χ1) is 10.3. The molecule has 3 rings (SSSR count). The second-order valence-corrected chi connectivity index (χ2v) is 4.65. The van der Waals surface area contributed by atoms with Crippen LogP contribution < -0.4 is 0 Å². The Bertz CT molecular complexity index is 820. The quantitative estimate of drug-likeness (QED) is 0.620. The Balaban J connectivity index is 2.02. The van der Waals surface area contributed by atoms with Crippen LogP contribution in [0.1, 0.15) is 5.56 Å². The summed E-state index contributed by atoms with van der Waals surface area (Å²) in [7, 11) is 0. The molecule has 0 heterocycles. The number of azo groups is 1. The van der Waals surface area contributed by atoms with E-state index in [0.29, 0.717) is 5.69 Å². The second kappa shape index (κ2) is 5.59. The number of hydrogen-bond acceptors (Lipinski definition) is 3. The molecule has 0 amide bonds. The lowest BCUT2D eigenvalue weighted by Gasteiger charge is -2.03. The molecular weight excluding hydrogens is 260 g/mol. The molecule has 0 unspecified atom stereocenters. The number of benzene rings is 3. The van der Waals surface area contributed by atoms with E-state index in [-0.39, 0.29) is 5.75 Å². The monoisotopic (exact) mass is 274 g/mol. The highest BCUT2D eigenvalue weighted by Crippen LogP contribution is 2.35. The van der Waals surface area contributed by atoms with Gasteiger partial charge in [0.05, 0.1) is 5.69 Å². The fraction of sp³-hybridized carbons (Fsp3) is 0. The van der Waals surface area contributed by atoms with E-state index in [9.17, 15) is 5.11 Å². The molecule has 0 bridgehead atoms. The van der Waals surface area contributed by atoms with Gasteiger partial charge in [0, 0.05) is 5.39 Å². The molecule has 0 aliphatic carbocycles. The minimum Gasteiger partial charge on any atom is -0.506 e. The highest BCUT2D eigenvalue weighted by atomic mass is 16.3. The summed E-state index contributed by atoms with van der Waals surface area (Å²) < 4.78 is 0. The van der Waals surface area contributed by atoms with Crippen LogP contribution in [-0.4, -0.2) is 5.11 Å². The zero-order valence-corrected chi connectivity index (χ0v) is 11.4. The molecular formula is C18H14N2O. The number of rotatable bonds is 3. The van der Waals surface area contributed by atoms with Crippen molar-refractivity contribution < 1.29 is 5.11 Å². The van der Waals surface area contributed by atoms with Crippen molar-refractivity contribution in [3.05, 3.63) is 72.8 Å². The first kappa shape index (κ1) is 13.1. The molecule has 0 saturated heterocycles. The fourth-order valence-electron chi connectivity index (χ4n) is 2.13. The van der Waals surface area contributed by atoms with E-state index in [1.54, 1.807) is 12.1 Å². The van der Waals surface area contributed by atoms with Gasteiger partial charge in [0.15, 0.2) is 0 Å². The highest BCUT2D eigenvalue weighted by molar-refractivity contribution is 5.95. The number of fused-ring (bicyclic) bond motifs is 1. The molecule has 0 spiro atoms. The lowest BCUT2D eigenvalue weighted by molar-refractivity contribution is 0.477. The SMILES string of the molecule is C=Cc1ccc(/N=N/c2c(O)ccc3ccccc23)cc1. The van der Waals surface area contributed by atoms with Gasteiger partial charge in [0.25, 0.3) is 0 Å². The van der Waals surface area contributed by atoms with Crippen LogP contribution >= 0.6 is 0 Å². The molecule has 0 aliphatic heterocycles. The maximum Gasteiger partial charge on any atom is 0.143 e. The summed E-state index contributed by atoms with van der Waals surface area (Å²) in [5.74, 6) is 0.125. The summed E-state index contributed by atoms with van der Waals surface area (Å²) in [5.41, 5.74) is 2.25. The van der Waals surface area contributed by atoms with Gasteiger partial charge in [-0.2, -0.15) is 5.11 Å². The van der Waals surface area contributed by atoms with Gasteiger partial charge in [-0.25, -0.2) is 0 Å². The third-order valence-electron chi connectivity index (χ3n) is 3.27. The summed E-state index contributed by atoms with van der Waals surface area (Å²) in [6.07, 6.45) is 1.78. The summed E-state index contributed by atoms with van der Waals surface area (Å²) in [4.78, 5) is 0. The van der Waals surface area contributed by atoms with E-state index in [2.05, 4.69) is 16.8 Å². The van der Waals surface area contributed by atoms with E-state index in [0.717, 1.165) is 22.0 Å². The van der Waals surface area contributed by atoms with Crippen molar-refractivity contribution in [1.82, 2.24) is 0 Å². The Morgan fingerprint density at radius 2 is 1.62 bits per heavy atom. The first-order valence-electron chi connectivity index (χ1n) is 6.63. The predicted octanol–water partition coefficient (Wildman–Crippen LogP) is 5.60. The van der Waals surface area contributed by atoms with Gasteiger partial charge in [-0.15, -0.1) is 5.11 Å². The average Bonchev–Trinajstić information content (AvgIpc) is 2.54. The Labute approximate surface area is 122 Å². The third-order valence-corrected chi connectivity index (χ3v) is 3.27. The van der Waals surface area contributed by atoms with Crippen molar-refractivity contribution in [2.45, 2.75) is 0 Å². The summed E-state index contributed by atoms with van der Waals surface area (Å²) >= 11 is 0. The number of phenols is 1. The smallest absolute Gasteiger partial charge is 0.143 e. The fourth-order valence-corrected chi connectivity index (χ4v) is 2.13. The molecule has 0 radical (unpaired) electrons. The zero-order valence-electron chi connectivity index (χ0n) is 11.4. The number of phenolic OH excluding ortho intramolecular Hbond substituents is 1. The Morgan fingerprint density at radius 3 is 2.38 bits per heavy atom. The van der Waals surface area contributed by atoms with Crippen LogP contribution in [0, 0.1) is 0 Å². The lowest BCUT2D eigenvalue weighted by Crippen LogP contribution is -1.75. The standard InChI is InChI=1S/C18H14N2O/c1-2-13-7-10-15(11-8-13)19-20-18-16-6-4-3-5-14(16)9-12-17(18)21/h2-12,21H,1H2/b20-19+. The maximum absolute atomic E-state index is 10.0. The van der Waals surface area contributed by atoms with Gasteiger partial charge in [-0.3, -0.25) is 0 Å². The van der Waals surface area contributed by atoms with E-state index >= 15 is 0 Å². The molecule has 0 atom stereocenters. The number of aromatic hydroxyl groups is 1. The van der Waals surface area contributed by atoms with E-state index in [1.807, 2.05) is 54.6 Å². The van der Waals surface area contributed by atoms with Crippen molar-refractivity contribution in [3.63, 3.8) is 0 Å². The van der Waals surface area contributed by atoms with Gasteiger partial charge < -0.3 is 5.11 Å². The van der Waals surface area contributed by atoms with Gasteiger partial charge in [0.1, 0.15) is 11.4 Å². The number of nitrogens with zero attached hydrogens (tertiary/aromatic N) is 2. The highest BCUT2D eigenvalue weighted by Gasteiger charge is 2.05. The van der Waals surface area contributed by atoms with Crippen molar-refractivity contribution in [3.8, 4) is 5.75 Å². The molecule has 0 fully saturated rings. The van der Waals surface area contributed by atoms with Crippen molar-refractivity contribution in [2.24, 2.45) is 10.2 Å². The van der Waals surface area contributed by atoms with Crippen LogP contribution in [0.5, 0.6) is 5.75 Å². The maximum atomic E-state index is 10.0. The second-order valence-electron chi connectivity index (χ2n) is 4.65. The third kappa shape index (κ3) is 2.67. The van der Waals surface area contributed by atoms with E-state index in [4.69, 9.17) is 0 Å². The Kier molecular flexibility index (Phi) is 3.48. The topological polar surface area (TPSA) is 45.0 Å². The van der Waals surface area contributed by atoms with E-state index in [1.165, 1.54) is 0 Å².